The summed E-state index contributed by atoms with van der Waals surface area (Å²) in [6, 6.07) is 1.70. The van der Waals surface area contributed by atoms with E-state index in [-0.39, 0.29) is 23.8 Å². The van der Waals surface area contributed by atoms with Gasteiger partial charge in [-0.25, -0.2) is 0 Å². The van der Waals surface area contributed by atoms with Crippen LogP contribution >= 0.6 is 0 Å². The van der Waals surface area contributed by atoms with Crippen LogP contribution in [-0.2, 0) is 9.59 Å². The summed E-state index contributed by atoms with van der Waals surface area (Å²) >= 11 is 0. The number of furan rings is 1. The van der Waals surface area contributed by atoms with Crippen LogP contribution < -0.4 is 5.32 Å². The van der Waals surface area contributed by atoms with E-state index in [1.807, 2.05) is 0 Å². The molecule has 1 aromatic heterocycles. The molecule has 2 amide bonds. The van der Waals surface area contributed by atoms with Gasteiger partial charge in [0.15, 0.2) is 0 Å². The average Bonchev–Trinajstić information content (AvgIpc) is 3.16. The highest BCUT2D eigenvalue weighted by Gasteiger charge is 2.32. The number of piperidine rings is 1. The number of amides is 2. The Morgan fingerprint density at radius 3 is 2.48 bits per heavy atom. The van der Waals surface area contributed by atoms with E-state index >= 15 is 0 Å². The number of hydrogen-bond acceptors (Lipinski definition) is 4. The van der Waals surface area contributed by atoms with Crippen LogP contribution in [0.15, 0.2) is 23.0 Å². The summed E-state index contributed by atoms with van der Waals surface area (Å²) in [5.74, 6) is -1.50. The highest BCUT2D eigenvalue weighted by molar-refractivity contribution is 5.93. The molecule has 0 spiro atoms. The summed E-state index contributed by atoms with van der Waals surface area (Å²) in [7, 11) is 0. The van der Waals surface area contributed by atoms with Gasteiger partial charge >= 0.3 is 5.97 Å². The van der Waals surface area contributed by atoms with Crippen LogP contribution in [0.2, 0.25) is 0 Å². The molecule has 0 aromatic carbocycles. The third-order valence-electron chi connectivity index (χ3n) is 5.29. The maximum atomic E-state index is 12.4. The summed E-state index contributed by atoms with van der Waals surface area (Å²) in [6.45, 7) is 1.19. The monoisotopic (exact) mass is 348 g/mol. The van der Waals surface area contributed by atoms with E-state index in [9.17, 15) is 14.4 Å². The lowest BCUT2D eigenvalue weighted by Crippen LogP contribution is -2.48. The van der Waals surface area contributed by atoms with Gasteiger partial charge in [-0.15, -0.1) is 0 Å². The van der Waals surface area contributed by atoms with Crippen LogP contribution in [0.5, 0.6) is 0 Å². The molecule has 1 aliphatic heterocycles. The Balaban J connectivity index is 1.46. The molecule has 1 saturated heterocycles. The van der Waals surface area contributed by atoms with Gasteiger partial charge in [0.1, 0.15) is 6.26 Å². The minimum Gasteiger partial charge on any atom is -0.481 e. The molecule has 2 unspecified atom stereocenters. The van der Waals surface area contributed by atoms with Gasteiger partial charge in [-0.1, -0.05) is 6.42 Å². The minimum absolute atomic E-state index is 0.0365. The van der Waals surface area contributed by atoms with Crippen LogP contribution in [0.4, 0.5) is 0 Å². The molecule has 7 heteroatoms. The topological polar surface area (TPSA) is 99.8 Å². The molecule has 1 aliphatic carbocycles. The van der Waals surface area contributed by atoms with E-state index in [0.717, 1.165) is 12.8 Å². The van der Waals surface area contributed by atoms with Gasteiger partial charge in [0, 0.05) is 25.0 Å². The second-order valence-corrected chi connectivity index (χ2v) is 6.99. The third-order valence-corrected chi connectivity index (χ3v) is 5.29. The molecule has 3 rings (SSSR count). The first kappa shape index (κ1) is 17.5. The molecular weight excluding hydrogens is 324 g/mol. The number of likely N-dealkylation sites (tertiary alicyclic amines) is 1. The molecule has 136 valence electrons. The van der Waals surface area contributed by atoms with Crippen LogP contribution in [0.3, 0.4) is 0 Å². The lowest BCUT2D eigenvalue weighted by atomic mass is 9.81. The predicted molar refractivity (Wildman–Crippen MR) is 88.9 cm³/mol. The molecule has 0 bridgehead atoms. The molecule has 2 atom stereocenters. The third kappa shape index (κ3) is 4.21. The van der Waals surface area contributed by atoms with E-state index in [0.29, 0.717) is 44.3 Å². The van der Waals surface area contributed by atoms with Gasteiger partial charge in [0.25, 0.3) is 5.91 Å². The Morgan fingerprint density at radius 2 is 1.84 bits per heavy atom. The first-order valence-electron chi connectivity index (χ1n) is 8.89. The van der Waals surface area contributed by atoms with Crippen molar-refractivity contribution in [2.24, 2.45) is 11.8 Å². The van der Waals surface area contributed by atoms with Crippen LogP contribution in [0, 0.1) is 11.8 Å². The van der Waals surface area contributed by atoms with Crippen molar-refractivity contribution in [1.82, 2.24) is 10.2 Å². The second kappa shape index (κ2) is 7.72. The molecular formula is C18H24N2O5. The molecule has 25 heavy (non-hydrogen) atoms. The number of rotatable bonds is 4. The first-order chi connectivity index (χ1) is 12.0. The maximum absolute atomic E-state index is 12.4. The van der Waals surface area contributed by atoms with Crippen molar-refractivity contribution in [2.45, 2.75) is 44.6 Å². The van der Waals surface area contributed by atoms with Gasteiger partial charge < -0.3 is 19.7 Å². The largest absolute Gasteiger partial charge is 0.481 e. The van der Waals surface area contributed by atoms with Gasteiger partial charge in [0.05, 0.1) is 17.7 Å². The van der Waals surface area contributed by atoms with Crippen molar-refractivity contribution in [3.63, 3.8) is 0 Å². The molecule has 2 heterocycles. The minimum atomic E-state index is -0.802. The van der Waals surface area contributed by atoms with Crippen molar-refractivity contribution in [2.75, 3.05) is 13.1 Å². The maximum Gasteiger partial charge on any atom is 0.306 e. The van der Waals surface area contributed by atoms with Crippen LogP contribution in [0.1, 0.15) is 48.9 Å². The fraction of sp³-hybridized carbons (Fsp3) is 0.611. The van der Waals surface area contributed by atoms with E-state index in [1.165, 1.54) is 12.5 Å². The average molecular weight is 348 g/mol. The lowest BCUT2D eigenvalue weighted by molar-refractivity contribution is -0.144. The Bertz CT molecular complexity index is 619. The fourth-order valence-electron chi connectivity index (χ4n) is 3.77. The lowest BCUT2D eigenvalue weighted by Gasteiger charge is -2.33. The first-order valence-corrected chi connectivity index (χ1v) is 8.89. The molecule has 7 nitrogen and oxygen atoms in total. The predicted octanol–water partition coefficient (Wildman–Crippen LogP) is 1.89. The molecule has 1 aromatic rings. The summed E-state index contributed by atoms with van der Waals surface area (Å²) in [5, 5.41) is 12.2. The number of carboxylic acids is 1. The van der Waals surface area contributed by atoms with Gasteiger partial charge in [-0.05, 0) is 38.2 Å². The van der Waals surface area contributed by atoms with Gasteiger partial charge in [-0.3, -0.25) is 14.4 Å². The summed E-state index contributed by atoms with van der Waals surface area (Å²) < 4.78 is 4.95. The molecule has 2 aliphatic rings. The van der Waals surface area contributed by atoms with E-state index < -0.39 is 11.9 Å². The number of carboxylic acid groups (broad SMARTS) is 1. The number of carbonyl (C=O) groups excluding carboxylic acids is 2. The fourth-order valence-corrected chi connectivity index (χ4v) is 3.77. The van der Waals surface area contributed by atoms with E-state index in [1.54, 1.807) is 11.0 Å². The van der Waals surface area contributed by atoms with E-state index in [4.69, 9.17) is 9.52 Å². The number of nitrogens with one attached hydrogen (secondary N) is 1. The number of hydrogen-bond donors (Lipinski definition) is 2. The van der Waals surface area contributed by atoms with Crippen LogP contribution in [0.25, 0.3) is 0 Å². The molecule has 2 N–H and O–H groups in total. The molecule has 0 radical (unpaired) electrons. The Morgan fingerprint density at radius 1 is 1.12 bits per heavy atom. The SMILES string of the molecule is O=C(O)C1CCCC(C(=O)NC2CCN(C(=O)c3ccoc3)CC2)C1. The molecule has 1 saturated carbocycles. The Hall–Kier alpha value is -2.31. The molecule has 2 fully saturated rings. The van der Waals surface area contributed by atoms with Crippen molar-refractivity contribution >= 4 is 17.8 Å². The zero-order valence-corrected chi connectivity index (χ0v) is 14.1. The zero-order chi connectivity index (χ0) is 17.8. The second-order valence-electron chi connectivity index (χ2n) is 6.99. The standard InChI is InChI=1S/C18H24N2O5/c21-16(12-2-1-3-13(10-12)18(23)24)19-15-4-7-20(8-5-15)17(22)14-6-9-25-11-14/h6,9,11-13,15H,1-5,7-8,10H2,(H,19,21)(H,23,24). The van der Waals surface area contributed by atoms with Crippen molar-refractivity contribution in [1.29, 1.82) is 0 Å². The highest BCUT2D eigenvalue weighted by Crippen LogP contribution is 2.29. The summed E-state index contributed by atoms with van der Waals surface area (Å²) in [4.78, 5) is 37.6. The highest BCUT2D eigenvalue weighted by atomic mass is 16.4. The summed E-state index contributed by atoms with van der Waals surface area (Å²) in [5.41, 5.74) is 0.546. The number of carbonyl (C=O) groups is 3. The normalized spacial score (nSPS) is 24.7. The van der Waals surface area contributed by atoms with Crippen LogP contribution in [-0.4, -0.2) is 46.9 Å². The van der Waals surface area contributed by atoms with Gasteiger partial charge in [0.2, 0.25) is 5.91 Å². The Labute approximate surface area is 146 Å². The van der Waals surface area contributed by atoms with Crippen molar-refractivity contribution in [3.8, 4) is 0 Å². The smallest absolute Gasteiger partial charge is 0.306 e. The quantitative estimate of drug-likeness (QED) is 0.865. The number of aliphatic carboxylic acids is 1. The van der Waals surface area contributed by atoms with E-state index in [2.05, 4.69) is 5.32 Å². The summed E-state index contributed by atoms with van der Waals surface area (Å²) in [6.07, 6.45) is 6.98. The van der Waals surface area contributed by atoms with Gasteiger partial charge in [-0.2, -0.15) is 0 Å². The Kier molecular flexibility index (Phi) is 5.40. The van der Waals surface area contributed by atoms with Crippen molar-refractivity contribution < 1.29 is 23.9 Å². The van der Waals surface area contributed by atoms with Crippen molar-refractivity contribution in [3.05, 3.63) is 24.2 Å². The zero-order valence-electron chi connectivity index (χ0n) is 14.1. The number of nitrogens with zero attached hydrogens (tertiary/aromatic N) is 1.